The highest BCUT2D eigenvalue weighted by molar-refractivity contribution is 7.80. The van der Waals surface area contributed by atoms with Crippen LogP contribution in [0.3, 0.4) is 0 Å². The number of hydrogen-bond acceptors (Lipinski definition) is 3. The SMILES string of the molecule is NC(=S)C1CN(Cc2c(F)cccc2Cl)CCO1. The molecule has 0 radical (unpaired) electrons. The summed E-state index contributed by atoms with van der Waals surface area (Å²) in [7, 11) is 0. The van der Waals surface area contributed by atoms with Crippen LogP contribution in [0.2, 0.25) is 5.02 Å². The fraction of sp³-hybridized carbons (Fsp3) is 0.417. The number of rotatable bonds is 3. The molecule has 6 heteroatoms. The van der Waals surface area contributed by atoms with E-state index in [2.05, 4.69) is 0 Å². The number of hydrogen-bond donors (Lipinski definition) is 1. The molecule has 0 amide bonds. The first kappa shape index (κ1) is 13.7. The predicted molar refractivity (Wildman–Crippen MR) is 73.2 cm³/mol. The third-order valence-electron chi connectivity index (χ3n) is 2.91. The van der Waals surface area contributed by atoms with Crippen molar-refractivity contribution < 1.29 is 9.13 Å². The van der Waals surface area contributed by atoms with Gasteiger partial charge in [-0.1, -0.05) is 29.9 Å². The first-order valence-corrected chi connectivity index (χ1v) is 6.42. The summed E-state index contributed by atoms with van der Waals surface area (Å²) in [5.74, 6) is -0.291. The molecule has 1 saturated heterocycles. The van der Waals surface area contributed by atoms with E-state index < -0.39 is 0 Å². The van der Waals surface area contributed by atoms with Gasteiger partial charge in [-0.25, -0.2) is 4.39 Å². The molecule has 0 aromatic heterocycles. The van der Waals surface area contributed by atoms with Crippen LogP contribution in [0.4, 0.5) is 4.39 Å². The number of benzene rings is 1. The topological polar surface area (TPSA) is 38.5 Å². The van der Waals surface area contributed by atoms with Gasteiger partial charge in [0.2, 0.25) is 0 Å². The largest absolute Gasteiger partial charge is 0.391 e. The molecule has 1 aliphatic rings. The Kier molecular flexibility index (Phi) is 4.50. The number of ether oxygens (including phenoxy) is 1. The fourth-order valence-electron chi connectivity index (χ4n) is 1.93. The Balaban J connectivity index is 2.07. The molecule has 18 heavy (non-hydrogen) atoms. The first-order valence-electron chi connectivity index (χ1n) is 5.64. The van der Waals surface area contributed by atoms with Crippen molar-refractivity contribution in [1.29, 1.82) is 0 Å². The van der Waals surface area contributed by atoms with Gasteiger partial charge in [-0.05, 0) is 12.1 Å². The van der Waals surface area contributed by atoms with E-state index in [0.717, 1.165) is 0 Å². The minimum Gasteiger partial charge on any atom is -0.391 e. The number of nitrogens with two attached hydrogens (primary N) is 1. The van der Waals surface area contributed by atoms with Crippen LogP contribution in [0.15, 0.2) is 18.2 Å². The standard InChI is InChI=1S/C12H14ClFN2OS/c13-9-2-1-3-10(14)8(9)6-16-4-5-17-11(7-16)12(15)18/h1-3,11H,4-7H2,(H2,15,18). The molecule has 2 rings (SSSR count). The molecule has 0 spiro atoms. The summed E-state index contributed by atoms with van der Waals surface area (Å²) in [6.07, 6.45) is -0.265. The average molecular weight is 289 g/mol. The number of thiocarbonyl (C=S) groups is 1. The van der Waals surface area contributed by atoms with Crippen molar-refractivity contribution in [3.8, 4) is 0 Å². The predicted octanol–water partition coefficient (Wildman–Crippen LogP) is 1.97. The summed E-state index contributed by atoms with van der Waals surface area (Å²) in [5.41, 5.74) is 6.06. The monoisotopic (exact) mass is 288 g/mol. The Morgan fingerprint density at radius 3 is 3.06 bits per heavy atom. The molecule has 2 N–H and O–H groups in total. The van der Waals surface area contributed by atoms with Crippen molar-refractivity contribution in [2.75, 3.05) is 19.7 Å². The maximum absolute atomic E-state index is 13.7. The summed E-state index contributed by atoms with van der Waals surface area (Å²) < 4.78 is 19.1. The van der Waals surface area contributed by atoms with Crippen molar-refractivity contribution in [1.82, 2.24) is 4.90 Å². The molecule has 1 heterocycles. The zero-order valence-corrected chi connectivity index (χ0v) is 11.3. The lowest BCUT2D eigenvalue weighted by Gasteiger charge is -2.32. The molecule has 1 aliphatic heterocycles. The second kappa shape index (κ2) is 5.93. The minimum atomic E-state index is -0.291. The summed E-state index contributed by atoms with van der Waals surface area (Å²) >= 11 is 10.9. The molecule has 3 nitrogen and oxygen atoms in total. The molecule has 1 fully saturated rings. The fourth-order valence-corrected chi connectivity index (χ4v) is 2.29. The van der Waals surface area contributed by atoms with Gasteiger partial charge >= 0.3 is 0 Å². The Hall–Kier alpha value is -0.750. The zero-order chi connectivity index (χ0) is 13.1. The van der Waals surface area contributed by atoms with Crippen molar-refractivity contribution in [3.63, 3.8) is 0 Å². The van der Waals surface area contributed by atoms with Gasteiger partial charge in [-0.3, -0.25) is 4.90 Å². The summed E-state index contributed by atoms with van der Waals surface area (Å²) in [5, 5.41) is 0.438. The number of halogens is 2. The van der Waals surface area contributed by atoms with Crippen molar-refractivity contribution in [2.45, 2.75) is 12.6 Å². The van der Waals surface area contributed by atoms with Gasteiger partial charge in [0.1, 0.15) is 16.9 Å². The van der Waals surface area contributed by atoms with E-state index in [0.29, 0.717) is 41.8 Å². The Bertz CT molecular complexity index is 437. The van der Waals surface area contributed by atoms with Crippen molar-refractivity contribution in [3.05, 3.63) is 34.6 Å². The summed E-state index contributed by atoms with van der Waals surface area (Å²) in [6, 6.07) is 4.69. The van der Waals surface area contributed by atoms with Crippen molar-refractivity contribution >= 4 is 28.8 Å². The number of morpholine rings is 1. The molecule has 1 aromatic carbocycles. The van der Waals surface area contributed by atoms with Crippen LogP contribution < -0.4 is 5.73 Å². The Labute approximate surface area is 116 Å². The van der Waals surface area contributed by atoms with Crippen LogP contribution in [0.1, 0.15) is 5.56 Å². The van der Waals surface area contributed by atoms with E-state index in [-0.39, 0.29) is 11.9 Å². The maximum atomic E-state index is 13.7. The molecule has 1 unspecified atom stereocenters. The summed E-state index contributed by atoms with van der Waals surface area (Å²) in [6.45, 7) is 2.26. The number of nitrogens with zero attached hydrogens (tertiary/aromatic N) is 1. The van der Waals surface area contributed by atoms with E-state index in [9.17, 15) is 4.39 Å². The lowest BCUT2D eigenvalue weighted by atomic mass is 10.1. The maximum Gasteiger partial charge on any atom is 0.129 e. The smallest absolute Gasteiger partial charge is 0.129 e. The second-order valence-corrected chi connectivity index (χ2v) is 5.08. The van der Waals surface area contributed by atoms with Gasteiger partial charge in [0.25, 0.3) is 0 Å². The molecule has 0 saturated carbocycles. The average Bonchev–Trinajstić information content (AvgIpc) is 2.34. The van der Waals surface area contributed by atoms with Crippen LogP contribution in [0.25, 0.3) is 0 Å². The van der Waals surface area contributed by atoms with Crippen molar-refractivity contribution in [2.24, 2.45) is 5.73 Å². The molecule has 1 aromatic rings. The van der Waals surface area contributed by atoms with Gasteiger partial charge in [-0.15, -0.1) is 0 Å². The van der Waals surface area contributed by atoms with E-state index in [1.165, 1.54) is 6.07 Å². The van der Waals surface area contributed by atoms with Crippen LogP contribution in [0, 0.1) is 5.82 Å². The highest BCUT2D eigenvalue weighted by Crippen LogP contribution is 2.21. The molecular formula is C12H14ClFN2OS. The normalized spacial score (nSPS) is 20.9. The highest BCUT2D eigenvalue weighted by atomic mass is 35.5. The van der Waals surface area contributed by atoms with Gasteiger partial charge in [0, 0.05) is 30.2 Å². The molecule has 0 bridgehead atoms. The lowest BCUT2D eigenvalue weighted by molar-refractivity contribution is 0.00355. The third kappa shape index (κ3) is 3.17. The second-order valence-electron chi connectivity index (χ2n) is 4.20. The van der Waals surface area contributed by atoms with Crippen LogP contribution >= 0.6 is 23.8 Å². The van der Waals surface area contributed by atoms with Crippen LogP contribution in [-0.4, -0.2) is 35.7 Å². The Morgan fingerprint density at radius 1 is 1.61 bits per heavy atom. The van der Waals surface area contributed by atoms with Crippen LogP contribution in [-0.2, 0) is 11.3 Å². The molecular weight excluding hydrogens is 275 g/mol. The molecule has 1 atom stereocenters. The van der Waals surface area contributed by atoms with E-state index >= 15 is 0 Å². The summed E-state index contributed by atoms with van der Waals surface area (Å²) in [4.78, 5) is 2.37. The van der Waals surface area contributed by atoms with Gasteiger partial charge < -0.3 is 10.5 Å². The lowest BCUT2D eigenvalue weighted by Crippen LogP contribution is -2.47. The zero-order valence-electron chi connectivity index (χ0n) is 9.73. The van der Waals surface area contributed by atoms with E-state index in [1.54, 1.807) is 12.1 Å². The highest BCUT2D eigenvalue weighted by Gasteiger charge is 2.23. The third-order valence-corrected chi connectivity index (χ3v) is 3.53. The first-order chi connectivity index (χ1) is 8.58. The Morgan fingerprint density at radius 2 is 2.39 bits per heavy atom. The van der Waals surface area contributed by atoms with E-state index in [1.807, 2.05) is 4.90 Å². The quantitative estimate of drug-likeness (QED) is 0.863. The van der Waals surface area contributed by atoms with Gasteiger partial charge in [0.15, 0.2) is 0 Å². The minimum absolute atomic E-state index is 0.265. The van der Waals surface area contributed by atoms with Crippen LogP contribution in [0.5, 0.6) is 0 Å². The molecule has 98 valence electrons. The van der Waals surface area contributed by atoms with E-state index in [4.69, 9.17) is 34.3 Å². The van der Waals surface area contributed by atoms with Gasteiger partial charge in [-0.2, -0.15) is 0 Å². The van der Waals surface area contributed by atoms with Gasteiger partial charge in [0.05, 0.1) is 6.61 Å². The molecule has 0 aliphatic carbocycles.